The molecule has 0 unspecified atom stereocenters. The number of rotatable bonds is 3. The Bertz CT molecular complexity index is 382. The van der Waals surface area contributed by atoms with Gasteiger partial charge in [-0.05, 0) is 47.5 Å². The molecule has 122 valence electrons. The van der Waals surface area contributed by atoms with Crippen molar-refractivity contribution < 1.29 is 19.1 Å². The van der Waals surface area contributed by atoms with E-state index in [1.165, 1.54) is 0 Å². The minimum absolute atomic E-state index is 0.185. The van der Waals surface area contributed by atoms with Crippen molar-refractivity contribution in [2.24, 2.45) is 5.92 Å². The first-order valence-corrected chi connectivity index (χ1v) is 8.83. The smallest absolute Gasteiger partial charge is 0.410 e. The molecule has 1 amide bonds. The number of esters is 1. The van der Waals surface area contributed by atoms with E-state index in [1.54, 1.807) is 4.90 Å². The molecule has 1 aliphatic rings. The molecule has 0 aromatic carbocycles. The highest BCUT2D eigenvalue weighted by Crippen LogP contribution is 2.31. The highest BCUT2D eigenvalue weighted by atomic mass is 127. The van der Waals surface area contributed by atoms with Crippen LogP contribution in [0.2, 0.25) is 0 Å². The summed E-state index contributed by atoms with van der Waals surface area (Å²) >= 11 is 2.00. The zero-order valence-electron chi connectivity index (χ0n) is 13.6. The average molecular weight is 411 g/mol. The van der Waals surface area contributed by atoms with Gasteiger partial charge in [-0.2, -0.15) is 0 Å². The summed E-state index contributed by atoms with van der Waals surface area (Å²) in [5.74, 6) is 0.0817. The Morgan fingerprint density at radius 2 is 1.62 bits per heavy atom. The van der Waals surface area contributed by atoms with Crippen LogP contribution in [0.1, 0.15) is 47.5 Å². The van der Waals surface area contributed by atoms with Crippen LogP contribution in [-0.2, 0) is 14.3 Å². The fourth-order valence-electron chi connectivity index (χ4n) is 2.49. The Kier molecular flexibility index (Phi) is 6.31. The SMILES string of the molecule is CC(C)(C)OC(=O)N1CCC(C(C)(C)OC(=O)CI)CC1. The molecule has 0 aliphatic carbocycles. The predicted molar refractivity (Wildman–Crippen MR) is 89.6 cm³/mol. The molecule has 1 fully saturated rings. The molecule has 21 heavy (non-hydrogen) atoms. The quantitative estimate of drug-likeness (QED) is 0.406. The molecule has 0 N–H and O–H groups in total. The first-order valence-electron chi connectivity index (χ1n) is 7.31. The fourth-order valence-corrected chi connectivity index (χ4v) is 2.64. The zero-order chi connectivity index (χ0) is 16.3. The number of halogens is 1. The summed E-state index contributed by atoms with van der Waals surface area (Å²) < 4.78 is 11.3. The third-order valence-electron chi connectivity index (χ3n) is 3.62. The molecular weight excluding hydrogens is 385 g/mol. The Hall–Kier alpha value is -0.530. The van der Waals surface area contributed by atoms with E-state index in [-0.39, 0.29) is 18.0 Å². The lowest BCUT2D eigenvalue weighted by Crippen LogP contribution is -2.47. The largest absolute Gasteiger partial charge is 0.459 e. The maximum absolute atomic E-state index is 12.0. The molecular formula is C15H26INO4. The molecule has 0 bridgehead atoms. The average Bonchev–Trinajstić information content (AvgIpc) is 2.36. The molecule has 5 nitrogen and oxygen atoms in total. The van der Waals surface area contributed by atoms with E-state index in [0.717, 1.165) is 12.8 Å². The Labute approximate surface area is 140 Å². The van der Waals surface area contributed by atoms with E-state index in [9.17, 15) is 9.59 Å². The summed E-state index contributed by atoms with van der Waals surface area (Å²) in [5.41, 5.74) is -0.953. The van der Waals surface area contributed by atoms with Gasteiger partial charge in [0, 0.05) is 19.0 Å². The summed E-state index contributed by atoms with van der Waals surface area (Å²) in [4.78, 5) is 25.2. The van der Waals surface area contributed by atoms with Gasteiger partial charge in [0.1, 0.15) is 11.2 Å². The molecule has 0 spiro atoms. The summed E-state index contributed by atoms with van der Waals surface area (Å²) in [6, 6.07) is 0. The number of piperidine rings is 1. The van der Waals surface area contributed by atoms with Crippen LogP contribution in [0.3, 0.4) is 0 Å². The van der Waals surface area contributed by atoms with E-state index >= 15 is 0 Å². The van der Waals surface area contributed by atoms with Crippen molar-refractivity contribution in [1.29, 1.82) is 0 Å². The molecule has 0 aromatic rings. The fraction of sp³-hybridized carbons (Fsp3) is 0.867. The maximum atomic E-state index is 12.0. The lowest BCUT2D eigenvalue weighted by atomic mass is 9.83. The second-order valence-electron chi connectivity index (χ2n) is 6.95. The number of nitrogens with zero attached hydrogens (tertiary/aromatic N) is 1. The van der Waals surface area contributed by atoms with Crippen LogP contribution in [0.5, 0.6) is 0 Å². The van der Waals surface area contributed by atoms with Crippen molar-refractivity contribution in [2.75, 3.05) is 17.5 Å². The molecule has 1 rings (SSSR count). The number of likely N-dealkylation sites (tertiary alicyclic amines) is 1. The Morgan fingerprint density at radius 3 is 2.05 bits per heavy atom. The van der Waals surface area contributed by atoms with Gasteiger partial charge in [-0.15, -0.1) is 0 Å². The number of hydrogen-bond donors (Lipinski definition) is 0. The summed E-state index contributed by atoms with van der Waals surface area (Å²) in [5, 5.41) is 0. The molecule has 1 saturated heterocycles. The Morgan fingerprint density at radius 1 is 1.10 bits per heavy atom. The molecule has 0 aromatic heterocycles. The van der Waals surface area contributed by atoms with Crippen LogP contribution in [-0.4, -0.2) is 45.7 Å². The van der Waals surface area contributed by atoms with E-state index in [2.05, 4.69) is 0 Å². The van der Waals surface area contributed by atoms with Gasteiger partial charge in [-0.3, -0.25) is 4.79 Å². The molecule has 0 atom stereocenters. The summed E-state index contributed by atoms with van der Waals surface area (Å²) in [6.45, 7) is 10.8. The van der Waals surface area contributed by atoms with Crippen LogP contribution < -0.4 is 0 Å². The van der Waals surface area contributed by atoms with Gasteiger partial charge in [0.05, 0.1) is 4.43 Å². The van der Waals surface area contributed by atoms with E-state index in [1.807, 2.05) is 57.2 Å². The number of ether oxygens (including phenoxy) is 2. The zero-order valence-corrected chi connectivity index (χ0v) is 15.7. The van der Waals surface area contributed by atoms with Gasteiger partial charge in [-0.25, -0.2) is 4.79 Å². The number of carbonyl (C=O) groups is 2. The predicted octanol–water partition coefficient (Wildman–Crippen LogP) is 3.39. The number of amides is 1. The van der Waals surface area contributed by atoms with Gasteiger partial charge in [-0.1, -0.05) is 22.6 Å². The van der Waals surface area contributed by atoms with Crippen LogP contribution in [0.25, 0.3) is 0 Å². The molecule has 0 saturated carbocycles. The van der Waals surface area contributed by atoms with Crippen molar-refractivity contribution >= 4 is 34.7 Å². The van der Waals surface area contributed by atoms with Gasteiger partial charge in [0.25, 0.3) is 0 Å². The Balaban J connectivity index is 2.51. The standard InChI is InChI=1S/C15H26INO4/c1-14(2,3)21-13(19)17-8-6-11(7-9-17)15(4,5)20-12(18)10-16/h11H,6-10H2,1-5H3. The van der Waals surface area contributed by atoms with Crippen LogP contribution >= 0.6 is 22.6 Å². The topological polar surface area (TPSA) is 55.8 Å². The van der Waals surface area contributed by atoms with Crippen LogP contribution in [0.15, 0.2) is 0 Å². The minimum atomic E-state index is -0.484. The first-order chi connectivity index (χ1) is 9.55. The minimum Gasteiger partial charge on any atom is -0.459 e. The summed E-state index contributed by atoms with van der Waals surface area (Å²) in [6.07, 6.45) is 1.38. The third kappa shape index (κ3) is 6.00. The molecule has 1 aliphatic heterocycles. The third-order valence-corrected chi connectivity index (χ3v) is 4.24. The van der Waals surface area contributed by atoms with Gasteiger partial charge >= 0.3 is 12.1 Å². The van der Waals surface area contributed by atoms with Crippen molar-refractivity contribution in [3.8, 4) is 0 Å². The van der Waals surface area contributed by atoms with Crippen LogP contribution in [0.4, 0.5) is 4.79 Å². The lowest BCUT2D eigenvalue weighted by molar-refractivity contribution is -0.159. The highest BCUT2D eigenvalue weighted by Gasteiger charge is 2.37. The van der Waals surface area contributed by atoms with E-state index < -0.39 is 11.2 Å². The van der Waals surface area contributed by atoms with Crippen molar-refractivity contribution in [3.63, 3.8) is 0 Å². The molecule has 6 heteroatoms. The monoisotopic (exact) mass is 411 g/mol. The highest BCUT2D eigenvalue weighted by molar-refractivity contribution is 14.1. The van der Waals surface area contributed by atoms with E-state index in [4.69, 9.17) is 9.47 Å². The number of alkyl halides is 1. The lowest BCUT2D eigenvalue weighted by Gasteiger charge is -2.40. The number of carbonyl (C=O) groups excluding carboxylic acids is 2. The van der Waals surface area contributed by atoms with Crippen molar-refractivity contribution in [1.82, 2.24) is 4.90 Å². The molecule has 0 radical (unpaired) electrons. The number of hydrogen-bond acceptors (Lipinski definition) is 4. The summed E-state index contributed by atoms with van der Waals surface area (Å²) in [7, 11) is 0. The second-order valence-corrected chi connectivity index (χ2v) is 7.72. The van der Waals surface area contributed by atoms with Crippen molar-refractivity contribution in [2.45, 2.75) is 58.7 Å². The maximum Gasteiger partial charge on any atom is 0.410 e. The van der Waals surface area contributed by atoms with Gasteiger partial charge < -0.3 is 14.4 Å². The van der Waals surface area contributed by atoms with Gasteiger partial charge in [0.15, 0.2) is 0 Å². The van der Waals surface area contributed by atoms with Crippen LogP contribution in [0, 0.1) is 5.92 Å². The first kappa shape index (κ1) is 18.5. The van der Waals surface area contributed by atoms with E-state index in [0.29, 0.717) is 17.5 Å². The van der Waals surface area contributed by atoms with Crippen molar-refractivity contribution in [3.05, 3.63) is 0 Å². The normalized spacial score (nSPS) is 17.5. The second kappa shape index (κ2) is 7.15. The molecule has 1 heterocycles. The van der Waals surface area contributed by atoms with Gasteiger partial charge in [0.2, 0.25) is 0 Å².